The molecule has 2 unspecified atom stereocenters. The van der Waals surface area contributed by atoms with E-state index in [1.165, 1.54) is 37.2 Å². The highest BCUT2D eigenvalue weighted by atomic mass is 32.2. The van der Waals surface area contributed by atoms with Crippen LogP contribution in [0, 0.1) is 5.92 Å². The van der Waals surface area contributed by atoms with Gasteiger partial charge in [0.2, 0.25) is 0 Å². The summed E-state index contributed by atoms with van der Waals surface area (Å²) in [6.45, 7) is 2.29. The summed E-state index contributed by atoms with van der Waals surface area (Å²) in [5, 5.41) is 3.78. The third kappa shape index (κ3) is 1.80. The molecule has 2 heteroatoms. The van der Waals surface area contributed by atoms with E-state index in [2.05, 4.69) is 24.0 Å². The third-order valence-electron chi connectivity index (χ3n) is 3.28. The molecule has 1 saturated carbocycles. The summed E-state index contributed by atoms with van der Waals surface area (Å²) < 4.78 is 0. The van der Waals surface area contributed by atoms with Crippen LogP contribution in [0.25, 0.3) is 0 Å². The first-order valence-corrected chi connectivity index (χ1v) is 6.39. The van der Waals surface area contributed by atoms with Crippen molar-refractivity contribution in [1.29, 1.82) is 0 Å². The normalized spacial score (nSPS) is 37.8. The van der Waals surface area contributed by atoms with Crippen molar-refractivity contribution in [3.05, 3.63) is 0 Å². The number of rotatable bonds is 2. The highest BCUT2D eigenvalue weighted by Gasteiger charge is 2.30. The Morgan fingerprint density at radius 3 is 2.75 bits per heavy atom. The molecule has 70 valence electrons. The average Bonchev–Trinajstić information content (AvgIpc) is 2.02. The first kappa shape index (κ1) is 8.89. The Hall–Kier alpha value is 0.310. The Labute approximate surface area is 79.7 Å². The smallest absolute Gasteiger partial charge is 0.0189 e. The lowest BCUT2D eigenvalue weighted by Crippen LogP contribution is -2.50. The Morgan fingerprint density at radius 1 is 1.33 bits per heavy atom. The summed E-state index contributed by atoms with van der Waals surface area (Å²) in [4.78, 5) is 0. The van der Waals surface area contributed by atoms with E-state index in [4.69, 9.17) is 0 Å². The van der Waals surface area contributed by atoms with E-state index in [0.29, 0.717) is 0 Å². The lowest BCUT2D eigenvalue weighted by molar-refractivity contribution is 0.228. The van der Waals surface area contributed by atoms with Crippen LogP contribution in [0.2, 0.25) is 0 Å². The van der Waals surface area contributed by atoms with Crippen LogP contribution in [0.5, 0.6) is 0 Å². The first-order chi connectivity index (χ1) is 5.90. The second-order valence-corrected chi connectivity index (χ2v) is 5.18. The Kier molecular flexibility index (Phi) is 2.97. The lowest BCUT2D eigenvalue weighted by Gasteiger charge is -2.39. The topological polar surface area (TPSA) is 12.0 Å². The van der Waals surface area contributed by atoms with Crippen LogP contribution in [0.3, 0.4) is 0 Å². The van der Waals surface area contributed by atoms with Gasteiger partial charge in [-0.15, -0.1) is 0 Å². The van der Waals surface area contributed by atoms with Crippen LogP contribution < -0.4 is 5.32 Å². The van der Waals surface area contributed by atoms with Crippen LogP contribution in [-0.4, -0.2) is 23.6 Å². The zero-order chi connectivity index (χ0) is 8.39. The quantitative estimate of drug-likeness (QED) is 0.708. The molecule has 1 saturated heterocycles. The molecule has 0 radical (unpaired) electrons. The van der Waals surface area contributed by atoms with Crippen LogP contribution in [0.1, 0.15) is 32.6 Å². The largest absolute Gasteiger partial charge is 0.309 e. The molecule has 1 aliphatic heterocycles. The van der Waals surface area contributed by atoms with Gasteiger partial charge in [-0.3, -0.25) is 0 Å². The minimum atomic E-state index is 0.800. The van der Waals surface area contributed by atoms with Crippen LogP contribution in [0.4, 0.5) is 0 Å². The monoisotopic (exact) mass is 185 g/mol. The van der Waals surface area contributed by atoms with Crippen LogP contribution in [0.15, 0.2) is 0 Å². The van der Waals surface area contributed by atoms with Gasteiger partial charge in [0, 0.05) is 23.6 Å². The molecular formula is C10H19NS. The van der Waals surface area contributed by atoms with Crippen molar-refractivity contribution in [2.45, 2.75) is 44.7 Å². The number of hydrogen-bond acceptors (Lipinski definition) is 2. The molecule has 0 aromatic rings. The number of hydrogen-bond donors (Lipinski definition) is 1. The summed E-state index contributed by atoms with van der Waals surface area (Å²) in [7, 11) is 0. The van der Waals surface area contributed by atoms with E-state index in [1.54, 1.807) is 0 Å². The zero-order valence-corrected chi connectivity index (χ0v) is 8.70. The maximum atomic E-state index is 3.78. The first-order valence-electron chi connectivity index (χ1n) is 5.24. The van der Waals surface area contributed by atoms with Crippen LogP contribution in [-0.2, 0) is 0 Å². The van der Waals surface area contributed by atoms with Gasteiger partial charge in [-0.2, -0.15) is 11.8 Å². The second kappa shape index (κ2) is 4.01. The molecule has 0 aromatic heterocycles. The molecular weight excluding hydrogens is 166 g/mol. The predicted octanol–water partition coefficient (Wildman–Crippen LogP) is 2.27. The van der Waals surface area contributed by atoms with Crippen LogP contribution >= 0.6 is 11.8 Å². The van der Waals surface area contributed by atoms with E-state index >= 15 is 0 Å². The summed E-state index contributed by atoms with van der Waals surface area (Å²) in [6.07, 6.45) is 5.74. The fourth-order valence-electron chi connectivity index (χ4n) is 2.09. The van der Waals surface area contributed by atoms with Gasteiger partial charge in [0.05, 0.1) is 0 Å². The molecule has 1 heterocycles. The van der Waals surface area contributed by atoms with Gasteiger partial charge in [-0.1, -0.05) is 13.3 Å². The maximum Gasteiger partial charge on any atom is 0.0189 e. The van der Waals surface area contributed by atoms with Gasteiger partial charge in [0.15, 0.2) is 0 Å². The zero-order valence-electron chi connectivity index (χ0n) is 7.88. The molecule has 12 heavy (non-hydrogen) atoms. The van der Waals surface area contributed by atoms with Crippen molar-refractivity contribution in [3.8, 4) is 0 Å². The molecule has 2 rings (SSSR count). The van der Waals surface area contributed by atoms with Crippen molar-refractivity contribution >= 4 is 11.8 Å². The fraction of sp³-hybridized carbons (Fsp3) is 1.00. The van der Waals surface area contributed by atoms with E-state index in [0.717, 1.165) is 18.0 Å². The van der Waals surface area contributed by atoms with E-state index in [-0.39, 0.29) is 0 Å². The Morgan fingerprint density at radius 2 is 2.17 bits per heavy atom. The fourth-order valence-corrected chi connectivity index (χ4v) is 3.46. The molecule has 0 bridgehead atoms. The van der Waals surface area contributed by atoms with Crippen molar-refractivity contribution in [1.82, 2.24) is 5.32 Å². The molecule has 2 atom stereocenters. The second-order valence-electron chi connectivity index (χ2n) is 4.11. The standard InChI is InChI=1S/C10H19NS/c1-2-9-6-12-7-10(11-9)8-4-3-5-8/h8-11H,2-7H2,1H3. The van der Waals surface area contributed by atoms with E-state index in [1.807, 2.05) is 0 Å². The SMILES string of the molecule is CCC1CSCC(C2CCC2)N1. The van der Waals surface area contributed by atoms with Gasteiger partial charge < -0.3 is 5.32 Å². The molecule has 0 aromatic carbocycles. The molecule has 0 spiro atoms. The molecule has 0 amide bonds. The molecule has 1 N–H and O–H groups in total. The van der Waals surface area contributed by atoms with Gasteiger partial charge in [-0.05, 0) is 25.2 Å². The minimum absolute atomic E-state index is 0.800. The van der Waals surface area contributed by atoms with Gasteiger partial charge in [0.25, 0.3) is 0 Å². The summed E-state index contributed by atoms with van der Waals surface area (Å²) >= 11 is 2.15. The molecule has 1 aliphatic carbocycles. The third-order valence-corrected chi connectivity index (χ3v) is 4.51. The predicted molar refractivity (Wildman–Crippen MR) is 55.7 cm³/mol. The van der Waals surface area contributed by atoms with Crippen molar-refractivity contribution < 1.29 is 0 Å². The maximum absolute atomic E-state index is 3.78. The lowest BCUT2D eigenvalue weighted by atomic mass is 9.80. The molecule has 2 aliphatic rings. The minimum Gasteiger partial charge on any atom is -0.309 e. The number of thioether (sulfide) groups is 1. The Bertz CT molecular complexity index is 145. The Balaban J connectivity index is 1.81. The molecule has 1 nitrogen and oxygen atoms in total. The summed E-state index contributed by atoms with van der Waals surface area (Å²) in [5.74, 6) is 3.72. The summed E-state index contributed by atoms with van der Waals surface area (Å²) in [5.41, 5.74) is 0. The average molecular weight is 185 g/mol. The van der Waals surface area contributed by atoms with Crippen molar-refractivity contribution in [2.75, 3.05) is 11.5 Å². The highest BCUT2D eigenvalue weighted by Crippen LogP contribution is 2.33. The van der Waals surface area contributed by atoms with Gasteiger partial charge in [-0.25, -0.2) is 0 Å². The number of nitrogens with one attached hydrogen (secondary N) is 1. The van der Waals surface area contributed by atoms with E-state index in [9.17, 15) is 0 Å². The van der Waals surface area contributed by atoms with E-state index < -0.39 is 0 Å². The van der Waals surface area contributed by atoms with Crippen molar-refractivity contribution in [2.24, 2.45) is 5.92 Å². The van der Waals surface area contributed by atoms with Gasteiger partial charge >= 0.3 is 0 Å². The van der Waals surface area contributed by atoms with Gasteiger partial charge in [0.1, 0.15) is 0 Å². The summed E-state index contributed by atoms with van der Waals surface area (Å²) in [6, 6.07) is 1.65. The highest BCUT2D eigenvalue weighted by molar-refractivity contribution is 7.99. The molecule has 2 fully saturated rings. The van der Waals surface area contributed by atoms with Crippen molar-refractivity contribution in [3.63, 3.8) is 0 Å².